The Hall–Kier alpha value is -1.72. The molecule has 1 atom stereocenters. The van der Waals surface area contributed by atoms with Crippen LogP contribution in [0.3, 0.4) is 0 Å². The predicted molar refractivity (Wildman–Crippen MR) is 70.4 cm³/mol. The third kappa shape index (κ3) is 6.45. The van der Waals surface area contributed by atoms with Crippen molar-refractivity contribution in [3.05, 3.63) is 24.3 Å². The van der Waals surface area contributed by atoms with Gasteiger partial charge in [-0.25, -0.2) is 0 Å². The third-order valence-corrected chi connectivity index (χ3v) is 2.69. The maximum Gasteiger partial charge on any atom is 0.573 e. The van der Waals surface area contributed by atoms with Gasteiger partial charge in [-0.2, -0.15) is 0 Å². The van der Waals surface area contributed by atoms with E-state index in [9.17, 15) is 18.0 Å². The van der Waals surface area contributed by atoms with Gasteiger partial charge in [-0.15, -0.1) is 13.2 Å². The van der Waals surface area contributed by atoms with Crippen LogP contribution in [0.25, 0.3) is 0 Å². The van der Waals surface area contributed by atoms with E-state index in [1.807, 2.05) is 13.8 Å². The van der Waals surface area contributed by atoms with Crippen molar-refractivity contribution in [2.24, 2.45) is 5.92 Å². The van der Waals surface area contributed by atoms with E-state index in [4.69, 9.17) is 0 Å². The molecule has 0 saturated heterocycles. The number of anilines is 1. The van der Waals surface area contributed by atoms with Gasteiger partial charge >= 0.3 is 6.36 Å². The summed E-state index contributed by atoms with van der Waals surface area (Å²) in [6.07, 6.45) is -2.33. The minimum atomic E-state index is -4.71. The molecule has 0 aliphatic carbocycles. The van der Waals surface area contributed by atoms with E-state index in [0.717, 1.165) is 12.8 Å². The molecule has 112 valence electrons. The van der Waals surface area contributed by atoms with Crippen LogP contribution in [0.1, 0.15) is 33.1 Å². The molecule has 0 saturated carbocycles. The second-order valence-electron chi connectivity index (χ2n) is 4.72. The van der Waals surface area contributed by atoms with Crippen LogP contribution in [0.15, 0.2) is 24.3 Å². The monoisotopic (exact) mass is 289 g/mol. The van der Waals surface area contributed by atoms with Crippen molar-refractivity contribution in [1.82, 2.24) is 0 Å². The molecule has 0 fully saturated rings. The van der Waals surface area contributed by atoms with Gasteiger partial charge in [0.2, 0.25) is 5.91 Å². The van der Waals surface area contributed by atoms with Crippen molar-refractivity contribution in [1.29, 1.82) is 0 Å². The largest absolute Gasteiger partial charge is 0.573 e. The highest BCUT2D eigenvalue weighted by molar-refractivity contribution is 5.90. The number of carbonyl (C=O) groups excluding carboxylic acids is 1. The number of halogens is 3. The van der Waals surface area contributed by atoms with Crippen LogP contribution < -0.4 is 10.1 Å². The zero-order valence-corrected chi connectivity index (χ0v) is 11.5. The maximum absolute atomic E-state index is 12.0. The van der Waals surface area contributed by atoms with Crippen molar-refractivity contribution < 1.29 is 22.7 Å². The summed E-state index contributed by atoms with van der Waals surface area (Å²) in [7, 11) is 0. The summed E-state index contributed by atoms with van der Waals surface area (Å²) in [5.74, 6) is -0.168. The molecule has 0 aliphatic rings. The Labute approximate surface area is 116 Å². The van der Waals surface area contributed by atoms with Crippen LogP contribution in [-0.4, -0.2) is 12.3 Å². The number of carbonyl (C=O) groups is 1. The molecule has 3 nitrogen and oxygen atoms in total. The lowest BCUT2D eigenvalue weighted by Crippen LogP contribution is -2.17. The smallest absolute Gasteiger partial charge is 0.406 e. The molecule has 1 aromatic carbocycles. The zero-order valence-electron chi connectivity index (χ0n) is 11.5. The SMILES string of the molecule is CCCC(C)CC(=O)Nc1ccc(OC(F)(F)F)cc1. The average molecular weight is 289 g/mol. The van der Waals surface area contributed by atoms with E-state index in [-0.39, 0.29) is 17.6 Å². The normalized spacial score (nSPS) is 12.8. The Morgan fingerprint density at radius 1 is 1.30 bits per heavy atom. The molecule has 0 spiro atoms. The molecular formula is C14H18F3NO2. The highest BCUT2D eigenvalue weighted by Gasteiger charge is 2.30. The Morgan fingerprint density at radius 3 is 2.40 bits per heavy atom. The second-order valence-corrected chi connectivity index (χ2v) is 4.72. The van der Waals surface area contributed by atoms with E-state index >= 15 is 0 Å². The summed E-state index contributed by atoms with van der Waals surface area (Å²) < 4.78 is 39.7. The molecule has 0 radical (unpaired) electrons. The average Bonchev–Trinajstić information content (AvgIpc) is 2.30. The van der Waals surface area contributed by atoms with Crippen LogP contribution in [-0.2, 0) is 4.79 Å². The summed E-state index contributed by atoms with van der Waals surface area (Å²) in [5, 5.41) is 2.65. The quantitative estimate of drug-likeness (QED) is 0.845. The number of amides is 1. The standard InChI is InChI=1S/C14H18F3NO2/c1-3-4-10(2)9-13(19)18-11-5-7-12(8-6-11)20-14(15,16)17/h5-8,10H,3-4,9H2,1-2H3,(H,18,19). The van der Waals surface area contributed by atoms with E-state index in [2.05, 4.69) is 10.1 Å². The third-order valence-electron chi connectivity index (χ3n) is 2.69. The number of hydrogen-bond acceptors (Lipinski definition) is 2. The number of nitrogens with one attached hydrogen (secondary N) is 1. The first kappa shape index (κ1) is 16.3. The highest BCUT2D eigenvalue weighted by Crippen LogP contribution is 2.24. The van der Waals surface area contributed by atoms with Gasteiger partial charge in [0.1, 0.15) is 5.75 Å². The molecular weight excluding hydrogens is 271 g/mol. The number of benzene rings is 1. The maximum atomic E-state index is 12.0. The van der Waals surface area contributed by atoms with Crippen molar-refractivity contribution in [3.8, 4) is 5.75 Å². The Kier molecular flexibility index (Phi) is 5.85. The van der Waals surface area contributed by atoms with Crippen LogP contribution in [0.4, 0.5) is 18.9 Å². The van der Waals surface area contributed by atoms with Gasteiger partial charge in [0.25, 0.3) is 0 Å². The lowest BCUT2D eigenvalue weighted by molar-refractivity contribution is -0.274. The van der Waals surface area contributed by atoms with E-state index < -0.39 is 6.36 Å². The molecule has 20 heavy (non-hydrogen) atoms. The van der Waals surface area contributed by atoms with Gasteiger partial charge in [0.15, 0.2) is 0 Å². The molecule has 0 aliphatic heterocycles. The van der Waals surface area contributed by atoms with E-state index in [0.29, 0.717) is 12.1 Å². The second kappa shape index (κ2) is 7.17. The summed E-state index contributed by atoms with van der Waals surface area (Å²) in [4.78, 5) is 11.7. The van der Waals surface area contributed by atoms with Gasteiger partial charge in [-0.1, -0.05) is 26.7 Å². The van der Waals surface area contributed by atoms with Crippen LogP contribution >= 0.6 is 0 Å². The van der Waals surface area contributed by atoms with Crippen LogP contribution in [0, 0.1) is 5.92 Å². The number of alkyl halides is 3. The first-order chi connectivity index (χ1) is 9.30. The van der Waals surface area contributed by atoms with Crippen molar-refractivity contribution in [2.75, 3.05) is 5.32 Å². The summed E-state index contributed by atoms with van der Waals surface area (Å²) in [6, 6.07) is 5.09. The summed E-state index contributed by atoms with van der Waals surface area (Å²) >= 11 is 0. The molecule has 6 heteroatoms. The van der Waals surface area contributed by atoms with Gasteiger partial charge in [0, 0.05) is 12.1 Å². The van der Waals surface area contributed by atoms with Crippen LogP contribution in [0.5, 0.6) is 5.75 Å². The van der Waals surface area contributed by atoms with Gasteiger partial charge in [-0.3, -0.25) is 4.79 Å². The van der Waals surface area contributed by atoms with Gasteiger partial charge in [-0.05, 0) is 30.2 Å². The molecule has 1 rings (SSSR count). The first-order valence-electron chi connectivity index (χ1n) is 6.46. The molecule has 0 aromatic heterocycles. The van der Waals surface area contributed by atoms with Gasteiger partial charge in [0.05, 0.1) is 0 Å². The first-order valence-corrected chi connectivity index (χ1v) is 6.46. The summed E-state index contributed by atoms with van der Waals surface area (Å²) in [6.45, 7) is 4.04. The van der Waals surface area contributed by atoms with E-state index in [1.165, 1.54) is 24.3 Å². The zero-order chi connectivity index (χ0) is 15.2. The lowest BCUT2D eigenvalue weighted by Gasteiger charge is -2.11. The molecule has 1 unspecified atom stereocenters. The minimum Gasteiger partial charge on any atom is -0.406 e. The molecule has 0 bridgehead atoms. The van der Waals surface area contributed by atoms with Crippen LogP contribution in [0.2, 0.25) is 0 Å². The topological polar surface area (TPSA) is 38.3 Å². The fraction of sp³-hybridized carbons (Fsp3) is 0.500. The highest BCUT2D eigenvalue weighted by atomic mass is 19.4. The fourth-order valence-electron chi connectivity index (χ4n) is 1.86. The number of hydrogen-bond donors (Lipinski definition) is 1. The van der Waals surface area contributed by atoms with E-state index in [1.54, 1.807) is 0 Å². The van der Waals surface area contributed by atoms with Gasteiger partial charge < -0.3 is 10.1 Å². The molecule has 1 N–H and O–H groups in total. The number of ether oxygens (including phenoxy) is 1. The minimum absolute atomic E-state index is 0.143. The van der Waals surface area contributed by atoms with Crippen molar-refractivity contribution in [3.63, 3.8) is 0 Å². The lowest BCUT2D eigenvalue weighted by atomic mass is 10.0. The molecule has 0 heterocycles. The Bertz CT molecular complexity index is 429. The molecule has 1 aromatic rings. The molecule has 1 amide bonds. The predicted octanol–water partition coefficient (Wildman–Crippen LogP) is 4.35. The Balaban J connectivity index is 2.51. The fourth-order valence-corrected chi connectivity index (χ4v) is 1.86. The van der Waals surface area contributed by atoms with Crippen molar-refractivity contribution in [2.45, 2.75) is 39.5 Å². The summed E-state index contributed by atoms with van der Waals surface area (Å²) in [5.41, 5.74) is 0.452. The van der Waals surface area contributed by atoms with Crippen molar-refractivity contribution >= 4 is 11.6 Å². The Morgan fingerprint density at radius 2 is 1.90 bits per heavy atom. The number of rotatable bonds is 6.